The van der Waals surface area contributed by atoms with Crippen molar-refractivity contribution in [2.75, 3.05) is 0 Å². The molecule has 0 radical (unpaired) electrons. The Hall–Kier alpha value is -3.85. The van der Waals surface area contributed by atoms with E-state index in [1.54, 1.807) is 0 Å². The van der Waals surface area contributed by atoms with E-state index in [-0.39, 0.29) is 0 Å². The molecule has 0 saturated heterocycles. The molecule has 0 aliphatic heterocycles. The Bertz CT molecular complexity index is 1550. The van der Waals surface area contributed by atoms with Gasteiger partial charge < -0.3 is 8.83 Å². The lowest BCUT2D eigenvalue weighted by molar-refractivity contribution is 0.617. The number of para-hydroxylation sites is 1. The Balaban J connectivity index is 1.55. The van der Waals surface area contributed by atoms with Crippen LogP contribution in [0.4, 0.5) is 0 Å². The van der Waals surface area contributed by atoms with Gasteiger partial charge in [-0.1, -0.05) is 48.5 Å². The van der Waals surface area contributed by atoms with Crippen LogP contribution in [0.25, 0.3) is 55.6 Å². The Morgan fingerprint density at radius 3 is 2.40 bits per heavy atom. The third-order valence-corrected chi connectivity index (χ3v) is 5.80. The van der Waals surface area contributed by atoms with Crippen LogP contribution >= 0.6 is 0 Å². The quantitative estimate of drug-likeness (QED) is 0.305. The van der Waals surface area contributed by atoms with Gasteiger partial charge in [-0.3, -0.25) is 0 Å². The van der Waals surface area contributed by atoms with Crippen LogP contribution < -0.4 is 0 Å². The molecule has 144 valence electrons. The summed E-state index contributed by atoms with van der Waals surface area (Å²) in [4.78, 5) is 4.76. The smallest absolute Gasteiger partial charge is 0.227 e. The van der Waals surface area contributed by atoms with Gasteiger partial charge in [-0.05, 0) is 49.7 Å². The number of nitrogens with zero attached hydrogens (tertiary/aromatic N) is 1. The van der Waals surface area contributed by atoms with E-state index in [9.17, 15) is 0 Å². The molecule has 0 fully saturated rings. The highest BCUT2D eigenvalue weighted by atomic mass is 16.3. The number of hydrogen-bond acceptors (Lipinski definition) is 3. The molecule has 0 bridgehead atoms. The highest BCUT2D eigenvalue weighted by Crippen LogP contribution is 2.39. The van der Waals surface area contributed by atoms with Crippen molar-refractivity contribution in [3.8, 4) is 22.6 Å². The number of benzene rings is 3. The Labute approximate surface area is 173 Å². The van der Waals surface area contributed by atoms with E-state index < -0.39 is 0 Å². The van der Waals surface area contributed by atoms with Gasteiger partial charge in [-0.25, -0.2) is 4.98 Å². The molecule has 30 heavy (non-hydrogen) atoms. The second-order valence-electron chi connectivity index (χ2n) is 7.74. The Morgan fingerprint density at radius 1 is 0.733 bits per heavy atom. The van der Waals surface area contributed by atoms with Gasteiger partial charge in [0, 0.05) is 32.8 Å². The number of furan rings is 2. The normalized spacial score (nSPS) is 11.7. The van der Waals surface area contributed by atoms with Crippen molar-refractivity contribution in [1.29, 1.82) is 0 Å². The van der Waals surface area contributed by atoms with Crippen LogP contribution in [0.15, 0.2) is 87.7 Å². The fourth-order valence-electron chi connectivity index (χ4n) is 4.37. The minimum Gasteiger partial charge on any atom is -0.456 e. The largest absolute Gasteiger partial charge is 0.456 e. The van der Waals surface area contributed by atoms with Gasteiger partial charge in [0.15, 0.2) is 0 Å². The summed E-state index contributed by atoms with van der Waals surface area (Å²) in [7, 11) is 0. The molecule has 0 aliphatic carbocycles. The first kappa shape index (κ1) is 17.0. The van der Waals surface area contributed by atoms with E-state index in [4.69, 9.17) is 13.8 Å². The highest BCUT2D eigenvalue weighted by molar-refractivity contribution is 6.08. The maximum absolute atomic E-state index is 6.25. The number of fused-ring (bicyclic) bond motifs is 4. The molecule has 0 unspecified atom stereocenters. The second-order valence-corrected chi connectivity index (χ2v) is 7.74. The molecule has 3 nitrogen and oxygen atoms in total. The van der Waals surface area contributed by atoms with Crippen molar-refractivity contribution in [3.63, 3.8) is 0 Å². The third kappa shape index (κ3) is 2.49. The fraction of sp³-hybridized carbons (Fsp3) is 0.0741. The molecule has 0 atom stereocenters. The van der Waals surface area contributed by atoms with Crippen LogP contribution in [0.2, 0.25) is 0 Å². The van der Waals surface area contributed by atoms with E-state index in [1.807, 2.05) is 42.5 Å². The number of aromatic nitrogens is 1. The molecule has 6 rings (SSSR count). The Kier molecular flexibility index (Phi) is 3.59. The van der Waals surface area contributed by atoms with Crippen molar-refractivity contribution in [2.45, 2.75) is 13.8 Å². The molecule has 0 aliphatic rings. The molecular weight excluding hydrogens is 370 g/mol. The molecule has 0 amide bonds. The minimum absolute atomic E-state index is 0.648. The van der Waals surface area contributed by atoms with Crippen LogP contribution in [0.3, 0.4) is 0 Å². The van der Waals surface area contributed by atoms with Crippen molar-refractivity contribution < 1.29 is 8.83 Å². The third-order valence-electron chi connectivity index (χ3n) is 5.80. The summed E-state index contributed by atoms with van der Waals surface area (Å²) in [5.74, 6) is 0.820. The van der Waals surface area contributed by atoms with Gasteiger partial charge >= 0.3 is 0 Å². The second kappa shape index (κ2) is 6.33. The molecule has 3 aromatic heterocycles. The van der Waals surface area contributed by atoms with Gasteiger partial charge in [0.05, 0.1) is 5.69 Å². The summed E-state index contributed by atoms with van der Waals surface area (Å²) in [6.07, 6.45) is 0. The molecule has 3 heteroatoms. The highest BCUT2D eigenvalue weighted by Gasteiger charge is 2.18. The average Bonchev–Trinajstić information content (AvgIpc) is 3.35. The van der Waals surface area contributed by atoms with Gasteiger partial charge in [0.2, 0.25) is 5.71 Å². The molecular formula is C27H19NO2. The van der Waals surface area contributed by atoms with E-state index in [0.29, 0.717) is 5.71 Å². The molecule has 0 spiro atoms. The van der Waals surface area contributed by atoms with Gasteiger partial charge in [-0.2, -0.15) is 0 Å². The lowest BCUT2D eigenvalue weighted by atomic mass is 9.97. The SMILES string of the molecule is Cc1cc2c(oc3ccccc32)c(C)c1-c1cc2ccc(-c3ccccc3)nc2o1. The first-order valence-corrected chi connectivity index (χ1v) is 10.1. The standard InChI is InChI=1S/C27H19NO2/c1-16-14-21-20-10-6-7-11-23(20)29-26(21)17(2)25(16)24-15-19-12-13-22(28-27(19)30-24)18-8-4-3-5-9-18/h3-15H,1-2H3. The Morgan fingerprint density at radius 2 is 1.53 bits per heavy atom. The van der Waals surface area contributed by atoms with Crippen LogP contribution in [0, 0.1) is 13.8 Å². The van der Waals surface area contributed by atoms with E-state index >= 15 is 0 Å². The topological polar surface area (TPSA) is 39.2 Å². The summed E-state index contributed by atoms with van der Waals surface area (Å²) in [5, 5.41) is 3.28. The number of aryl methyl sites for hydroxylation is 2. The minimum atomic E-state index is 0.648. The lowest BCUT2D eigenvalue weighted by Gasteiger charge is -2.07. The van der Waals surface area contributed by atoms with Crippen molar-refractivity contribution >= 4 is 33.0 Å². The maximum Gasteiger partial charge on any atom is 0.227 e. The van der Waals surface area contributed by atoms with Crippen LogP contribution in [0.1, 0.15) is 11.1 Å². The van der Waals surface area contributed by atoms with Crippen molar-refractivity contribution in [3.05, 3.63) is 90.0 Å². The fourth-order valence-corrected chi connectivity index (χ4v) is 4.37. The van der Waals surface area contributed by atoms with Crippen molar-refractivity contribution in [1.82, 2.24) is 4.98 Å². The van der Waals surface area contributed by atoms with Crippen LogP contribution in [-0.4, -0.2) is 4.98 Å². The predicted molar refractivity (Wildman–Crippen MR) is 122 cm³/mol. The summed E-state index contributed by atoms with van der Waals surface area (Å²) >= 11 is 0. The zero-order valence-corrected chi connectivity index (χ0v) is 16.8. The number of rotatable bonds is 2. The predicted octanol–water partition coefficient (Wildman–Crippen LogP) is 7.68. The monoisotopic (exact) mass is 389 g/mol. The zero-order chi connectivity index (χ0) is 20.2. The first-order valence-electron chi connectivity index (χ1n) is 10.1. The summed E-state index contributed by atoms with van der Waals surface area (Å²) in [6, 6.07) is 26.7. The zero-order valence-electron chi connectivity index (χ0n) is 16.8. The molecule has 6 aromatic rings. The molecule has 0 N–H and O–H groups in total. The van der Waals surface area contributed by atoms with E-state index in [0.717, 1.165) is 61.0 Å². The van der Waals surface area contributed by atoms with E-state index in [2.05, 4.69) is 50.2 Å². The lowest BCUT2D eigenvalue weighted by Crippen LogP contribution is -1.87. The summed E-state index contributed by atoms with van der Waals surface area (Å²) < 4.78 is 12.4. The first-order chi connectivity index (χ1) is 14.7. The number of pyridine rings is 1. The van der Waals surface area contributed by atoms with Gasteiger partial charge in [0.1, 0.15) is 16.9 Å². The van der Waals surface area contributed by atoms with E-state index in [1.165, 1.54) is 0 Å². The van der Waals surface area contributed by atoms with Gasteiger partial charge in [-0.15, -0.1) is 0 Å². The number of hydrogen-bond donors (Lipinski definition) is 0. The summed E-state index contributed by atoms with van der Waals surface area (Å²) in [6.45, 7) is 4.22. The van der Waals surface area contributed by atoms with Crippen LogP contribution in [0.5, 0.6) is 0 Å². The van der Waals surface area contributed by atoms with Gasteiger partial charge in [0.25, 0.3) is 0 Å². The average molecular weight is 389 g/mol. The molecule has 3 aromatic carbocycles. The summed E-state index contributed by atoms with van der Waals surface area (Å²) in [5.41, 5.74) is 7.77. The molecule has 0 saturated carbocycles. The maximum atomic E-state index is 6.25. The molecule has 3 heterocycles. The van der Waals surface area contributed by atoms with Crippen LogP contribution in [-0.2, 0) is 0 Å². The van der Waals surface area contributed by atoms with Crippen molar-refractivity contribution in [2.24, 2.45) is 0 Å².